The lowest BCUT2D eigenvalue weighted by molar-refractivity contribution is -0.118. The maximum Gasteiger partial charge on any atom is 0.246 e. The number of amides is 1. The highest BCUT2D eigenvalue weighted by Gasteiger charge is 2.48. The van der Waals surface area contributed by atoms with Gasteiger partial charge in [0.2, 0.25) is 11.0 Å². The number of aromatic nitrogens is 2. The number of carbonyl (C=O) groups is 1. The number of nitrogens with zero attached hydrogens (tertiary/aromatic N) is 2. The quantitative estimate of drug-likeness (QED) is 0.466. The largest absolute Gasteiger partial charge is 0.306 e. The zero-order valence-corrected chi connectivity index (χ0v) is 11.2. The Morgan fingerprint density at radius 2 is 2.41 bits per heavy atom. The van der Waals surface area contributed by atoms with Crippen LogP contribution < -0.4 is 10.6 Å². The van der Waals surface area contributed by atoms with E-state index in [2.05, 4.69) is 27.4 Å². The van der Waals surface area contributed by atoms with Crippen molar-refractivity contribution >= 4 is 34.1 Å². The fourth-order valence-electron chi connectivity index (χ4n) is 1.38. The third kappa shape index (κ3) is 2.85. The van der Waals surface area contributed by atoms with Crippen LogP contribution in [0.5, 0.6) is 0 Å². The van der Waals surface area contributed by atoms with Gasteiger partial charge in [0, 0.05) is 5.75 Å². The van der Waals surface area contributed by atoms with Gasteiger partial charge in [-0.25, -0.2) is 0 Å². The normalized spacial score (nSPS) is 16.5. The zero-order valence-electron chi connectivity index (χ0n) is 9.52. The van der Waals surface area contributed by atoms with Gasteiger partial charge in [-0.05, 0) is 19.9 Å². The lowest BCUT2D eigenvalue weighted by atomic mass is 10.2. The van der Waals surface area contributed by atoms with Gasteiger partial charge in [-0.2, -0.15) is 0 Å². The van der Waals surface area contributed by atoms with Crippen LogP contribution in [0.2, 0.25) is 0 Å². The molecule has 2 rings (SSSR count). The Balaban J connectivity index is 1.92. The van der Waals surface area contributed by atoms with E-state index in [4.69, 9.17) is 0 Å². The van der Waals surface area contributed by atoms with Gasteiger partial charge in [0.15, 0.2) is 4.34 Å². The molecule has 1 heterocycles. The van der Waals surface area contributed by atoms with Gasteiger partial charge >= 0.3 is 0 Å². The second kappa shape index (κ2) is 5.16. The van der Waals surface area contributed by atoms with Crippen LogP contribution in [0.25, 0.3) is 0 Å². The molecule has 2 N–H and O–H groups in total. The van der Waals surface area contributed by atoms with Gasteiger partial charge < -0.3 is 5.32 Å². The summed E-state index contributed by atoms with van der Waals surface area (Å²) in [5.41, 5.74) is -0.375. The number of hydrogen-bond acceptors (Lipinski definition) is 6. The van der Waals surface area contributed by atoms with E-state index in [0.717, 1.165) is 22.9 Å². The van der Waals surface area contributed by atoms with Crippen molar-refractivity contribution in [1.82, 2.24) is 15.5 Å². The summed E-state index contributed by atoms with van der Waals surface area (Å²) in [6.45, 7) is 3.64. The molecule has 1 saturated carbocycles. The SMILES string of the molecule is C=CCSc1nnc(NC(=O)C2(NC)CC2)s1. The summed E-state index contributed by atoms with van der Waals surface area (Å²) in [4.78, 5) is 11.9. The van der Waals surface area contributed by atoms with Gasteiger partial charge in [0.05, 0.1) is 5.54 Å². The molecule has 0 spiro atoms. The predicted octanol–water partition coefficient (Wildman–Crippen LogP) is 1.51. The summed E-state index contributed by atoms with van der Waals surface area (Å²) in [5.74, 6) is 0.777. The lowest BCUT2D eigenvalue weighted by Crippen LogP contribution is -2.40. The smallest absolute Gasteiger partial charge is 0.246 e. The Kier molecular flexibility index (Phi) is 3.80. The monoisotopic (exact) mass is 270 g/mol. The summed E-state index contributed by atoms with van der Waals surface area (Å²) in [5, 5.41) is 14.3. The molecular formula is C10H14N4OS2. The molecule has 1 aromatic heterocycles. The molecule has 92 valence electrons. The molecule has 1 aliphatic rings. The van der Waals surface area contributed by atoms with Crippen molar-refractivity contribution in [2.24, 2.45) is 0 Å². The van der Waals surface area contributed by atoms with E-state index in [1.807, 2.05) is 6.08 Å². The summed E-state index contributed by atoms with van der Waals surface area (Å²) < 4.78 is 0.842. The number of anilines is 1. The first-order valence-electron chi connectivity index (χ1n) is 5.28. The van der Waals surface area contributed by atoms with Crippen LogP contribution in [0.1, 0.15) is 12.8 Å². The second-order valence-corrected chi connectivity index (χ2v) is 6.00. The molecule has 0 aromatic carbocycles. The summed E-state index contributed by atoms with van der Waals surface area (Å²) >= 11 is 2.95. The van der Waals surface area contributed by atoms with Crippen molar-refractivity contribution in [2.45, 2.75) is 22.7 Å². The highest BCUT2D eigenvalue weighted by Crippen LogP contribution is 2.36. The molecule has 0 bridgehead atoms. The third-order valence-corrected chi connectivity index (χ3v) is 4.58. The van der Waals surface area contributed by atoms with Crippen molar-refractivity contribution in [3.8, 4) is 0 Å². The number of nitrogens with one attached hydrogen (secondary N) is 2. The number of rotatable bonds is 6. The van der Waals surface area contributed by atoms with Crippen molar-refractivity contribution in [1.29, 1.82) is 0 Å². The molecule has 1 aliphatic carbocycles. The Bertz CT molecular complexity index is 428. The highest BCUT2D eigenvalue weighted by molar-refractivity contribution is 8.01. The summed E-state index contributed by atoms with van der Waals surface area (Å²) in [7, 11) is 1.80. The van der Waals surface area contributed by atoms with Gasteiger partial charge in [-0.15, -0.1) is 16.8 Å². The number of likely N-dealkylation sites (N-methyl/N-ethyl adjacent to an activating group) is 1. The van der Waals surface area contributed by atoms with Crippen molar-refractivity contribution in [2.75, 3.05) is 18.1 Å². The molecule has 5 nitrogen and oxygen atoms in total. The molecule has 0 aliphatic heterocycles. The van der Waals surface area contributed by atoms with E-state index < -0.39 is 0 Å². The van der Waals surface area contributed by atoms with Crippen LogP contribution in [-0.2, 0) is 4.79 Å². The minimum Gasteiger partial charge on any atom is -0.306 e. The minimum absolute atomic E-state index is 0.0172. The first kappa shape index (κ1) is 12.5. The van der Waals surface area contributed by atoms with Gasteiger partial charge in [-0.3, -0.25) is 10.1 Å². The molecular weight excluding hydrogens is 256 g/mol. The van der Waals surface area contributed by atoms with Gasteiger partial charge in [0.1, 0.15) is 0 Å². The first-order valence-corrected chi connectivity index (χ1v) is 7.08. The van der Waals surface area contributed by atoms with Crippen LogP contribution in [0.3, 0.4) is 0 Å². The van der Waals surface area contributed by atoms with Crippen LogP contribution in [-0.4, -0.2) is 34.4 Å². The summed E-state index contributed by atoms with van der Waals surface area (Å²) in [6, 6.07) is 0. The Morgan fingerprint density at radius 1 is 1.65 bits per heavy atom. The lowest BCUT2D eigenvalue weighted by Gasteiger charge is -2.11. The third-order valence-electron chi connectivity index (χ3n) is 2.61. The molecule has 0 saturated heterocycles. The van der Waals surface area contributed by atoms with Crippen LogP contribution >= 0.6 is 23.1 Å². The van der Waals surface area contributed by atoms with Crippen molar-refractivity contribution < 1.29 is 4.79 Å². The molecule has 1 amide bonds. The van der Waals surface area contributed by atoms with Crippen molar-refractivity contribution in [3.05, 3.63) is 12.7 Å². The molecule has 7 heteroatoms. The maximum absolute atomic E-state index is 11.9. The number of thioether (sulfide) groups is 1. The molecule has 1 fully saturated rings. The van der Waals surface area contributed by atoms with Crippen LogP contribution in [0.4, 0.5) is 5.13 Å². The van der Waals surface area contributed by atoms with E-state index in [1.54, 1.807) is 18.8 Å². The van der Waals surface area contributed by atoms with Crippen LogP contribution in [0.15, 0.2) is 17.0 Å². The minimum atomic E-state index is -0.375. The second-order valence-electron chi connectivity index (χ2n) is 3.76. The summed E-state index contributed by atoms with van der Waals surface area (Å²) in [6.07, 6.45) is 3.57. The van der Waals surface area contributed by atoms with E-state index in [1.165, 1.54) is 11.3 Å². The van der Waals surface area contributed by atoms with E-state index in [0.29, 0.717) is 5.13 Å². The standard InChI is InChI=1S/C10H14N4OS2/c1-3-6-16-9-14-13-8(17-9)12-7(15)10(11-2)4-5-10/h3,11H,1,4-6H2,2H3,(H,12,13,15). The molecule has 1 aromatic rings. The van der Waals surface area contributed by atoms with E-state index >= 15 is 0 Å². The van der Waals surface area contributed by atoms with Gasteiger partial charge in [0.25, 0.3) is 0 Å². The predicted molar refractivity (Wildman–Crippen MR) is 70.5 cm³/mol. The van der Waals surface area contributed by atoms with E-state index in [9.17, 15) is 4.79 Å². The molecule has 0 unspecified atom stereocenters. The number of carbonyl (C=O) groups excluding carboxylic acids is 1. The number of hydrogen-bond donors (Lipinski definition) is 2. The Labute approximate surface area is 108 Å². The molecule has 17 heavy (non-hydrogen) atoms. The van der Waals surface area contributed by atoms with E-state index in [-0.39, 0.29) is 11.4 Å². The molecule has 0 atom stereocenters. The average molecular weight is 270 g/mol. The Hall–Kier alpha value is -0.920. The fourth-order valence-corrected chi connectivity index (χ4v) is 2.89. The maximum atomic E-state index is 11.9. The Morgan fingerprint density at radius 3 is 3.00 bits per heavy atom. The zero-order chi connectivity index (χ0) is 12.3. The van der Waals surface area contributed by atoms with Crippen molar-refractivity contribution in [3.63, 3.8) is 0 Å². The average Bonchev–Trinajstić information content (AvgIpc) is 3.03. The van der Waals surface area contributed by atoms with Gasteiger partial charge in [-0.1, -0.05) is 29.2 Å². The highest BCUT2D eigenvalue weighted by atomic mass is 32.2. The molecule has 0 radical (unpaired) electrons. The fraction of sp³-hybridized carbons (Fsp3) is 0.500. The van der Waals surface area contributed by atoms with Crippen LogP contribution in [0, 0.1) is 0 Å². The first-order chi connectivity index (χ1) is 8.20. The topological polar surface area (TPSA) is 66.9 Å².